The minimum Gasteiger partial charge on any atom is -0.327 e. The van der Waals surface area contributed by atoms with Crippen molar-refractivity contribution in [2.24, 2.45) is 7.05 Å². The number of carbonyl (C=O) groups excluding carboxylic acids is 2. The molecular formula is C29H23N3O2. The molecule has 1 aliphatic rings. The summed E-state index contributed by atoms with van der Waals surface area (Å²) in [6.07, 6.45) is 1.66. The second kappa shape index (κ2) is 7.39. The van der Waals surface area contributed by atoms with Crippen molar-refractivity contribution in [3.05, 3.63) is 95.3 Å². The lowest BCUT2D eigenvalue weighted by Crippen LogP contribution is -2.06. The largest absolute Gasteiger partial charge is 0.327 e. The molecule has 0 saturated heterocycles. The topological polar surface area (TPSA) is 56.9 Å². The first-order chi connectivity index (χ1) is 16.4. The molecule has 2 aromatic heterocycles. The van der Waals surface area contributed by atoms with Gasteiger partial charge in [-0.05, 0) is 54.5 Å². The SMILES string of the molecule is CC(C)n1c(C=C2C(=O)c3cc4ccccc4cc3C2=O)nc2c1cc(-c1ccccc1)n2C. The first-order valence-corrected chi connectivity index (χ1v) is 11.4. The lowest BCUT2D eigenvalue weighted by molar-refractivity contribution is 0.0990. The van der Waals surface area contributed by atoms with Crippen molar-refractivity contribution in [2.45, 2.75) is 19.9 Å². The third kappa shape index (κ3) is 2.90. The maximum atomic E-state index is 13.3. The standard InChI is InChI=1S/C29H23N3O2/c1-17(2)32-25-16-24(18-9-5-4-6-10-18)31(3)29(25)30-26(32)15-23-27(33)21-13-19-11-7-8-12-20(19)14-22(21)28(23)34/h4-17H,1-3H3. The first kappa shape index (κ1) is 20.4. The lowest BCUT2D eigenvalue weighted by Gasteiger charge is -2.10. The van der Waals surface area contributed by atoms with E-state index in [0.717, 1.165) is 33.2 Å². The number of Topliss-reactive ketones (excluding diaryl/α,β-unsaturated/α-hetero) is 2. The number of hydrogen-bond donors (Lipinski definition) is 0. The minimum atomic E-state index is -0.238. The molecule has 2 heterocycles. The molecule has 5 heteroatoms. The van der Waals surface area contributed by atoms with Crippen molar-refractivity contribution in [1.82, 2.24) is 14.1 Å². The van der Waals surface area contributed by atoms with Crippen molar-refractivity contribution in [1.29, 1.82) is 0 Å². The van der Waals surface area contributed by atoms with Crippen LogP contribution >= 0.6 is 0 Å². The predicted molar refractivity (Wildman–Crippen MR) is 135 cm³/mol. The Balaban J connectivity index is 1.50. The van der Waals surface area contributed by atoms with Gasteiger partial charge in [-0.15, -0.1) is 0 Å². The maximum absolute atomic E-state index is 13.3. The predicted octanol–water partition coefficient (Wildman–Crippen LogP) is 6.24. The summed E-state index contributed by atoms with van der Waals surface area (Å²) in [6, 6.07) is 23.8. The number of ketones is 2. The number of rotatable bonds is 3. The van der Waals surface area contributed by atoms with Gasteiger partial charge in [-0.1, -0.05) is 54.6 Å². The smallest absolute Gasteiger partial charge is 0.197 e. The molecule has 0 N–H and O–H groups in total. The molecule has 0 radical (unpaired) electrons. The molecule has 0 atom stereocenters. The van der Waals surface area contributed by atoms with E-state index in [1.54, 1.807) is 6.08 Å². The summed E-state index contributed by atoms with van der Waals surface area (Å²) in [6.45, 7) is 4.16. The molecular weight excluding hydrogens is 422 g/mol. The van der Waals surface area contributed by atoms with Crippen LogP contribution < -0.4 is 0 Å². The van der Waals surface area contributed by atoms with Gasteiger partial charge in [-0.2, -0.15) is 0 Å². The molecule has 0 fully saturated rings. The highest BCUT2D eigenvalue weighted by Gasteiger charge is 2.34. The Morgan fingerprint density at radius 3 is 2.00 bits per heavy atom. The molecule has 0 saturated carbocycles. The van der Waals surface area contributed by atoms with Gasteiger partial charge >= 0.3 is 0 Å². The highest BCUT2D eigenvalue weighted by atomic mass is 16.2. The van der Waals surface area contributed by atoms with Crippen LogP contribution in [0.3, 0.4) is 0 Å². The molecule has 6 rings (SSSR count). The lowest BCUT2D eigenvalue weighted by atomic mass is 10.0. The second-order valence-corrected chi connectivity index (χ2v) is 9.06. The van der Waals surface area contributed by atoms with Crippen molar-refractivity contribution >= 4 is 39.6 Å². The first-order valence-electron chi connectivity index (χ1n) is 11.4. The zero-order valence-electron chi connectivity index (χ0n) is 19.2. The van der Waals surface area contributed by atoms with Crippen LogP contribution in [-0.4, -0.2) is 25.7 Å². The van der Waals surface area contributed by atoms with Crippen molar-refractivity contribution in [3.63, 3.8) is 0 Å². The summed E-state index contributed by atoms with van der Waals surface area (Å²) < 4.78 is 4.15. The Bertz CT molecular complexity index is 1610. The highest BCUT2D eigenvalue weighted by molar-refractivity contribution is 6.42. The molecule has 0 aliphatic heterocycles. The summed E-state index contributed by atoms with van der Waals surface area (Å²) in [5, 5.41) is 1.90. The third-order valence-corrected chi connectivity index (χ3v) is 6.63. The number of fused-ring (bicyclic) bond motifs is 3. The number of carbonyl (C=O) groups is 2. The van der Waals surface area contributed by atoms with E-state index in [0.29, 0.717) is 17.0 Å². The van der Waals surface area contributed by atoms with Crippen LogP contribution in [0.15, 0.2) is 78.4 Å². The molecule has 166 valence electrons. The summed E-state index contributed by atoms with van der Waals surface area (Å²) in [4.78, 5) is 31.4. The van der Waals surface area contributed by atoms with E-state index in [1.165, 1.54) is 0 Å². The number of nitrogens with zero attached hydrogens (tertiary/aromatic N) is 3. The number of benzene rings is 3. The van der Waals surface area contributed by atoms with Crippen LogP contribution in [0.2, 0.25) is 0 Å². The van der Waals surface area contributed by atoms with E-state index in [-0.39, 0.29) is 23.2 Å². The fourth-order valence-electron chi connectivity index (χ4n) is 4.97. The van der Waals surface area contributed by atoms with E-state index in [4.69, 9.17) is 4.98 Å². The zero-order chi connectivity index (χ0) is 23.6. The molecule has 3 aromatic carbocycles. The highest BCUT2D eigenvalue weighted by Crippen LogP contribution is 2.34. The summed E-state index contributed by atoms with van der Waals surface area (Å²) in [5.74, 6) is 0.139. The Hall–Kier alpha value is -4.25. The Kier molecular flexibility index (Phi) is 4.42. The number of hydrogen-bond acceptors (Lipinski definition) is 3. The monoisotopic (exact) mass is 445 g/mol. The fraction of sp³-hybridized carbons (Fsp3) is 0.138. The van der Waals surface area contributed by atoms with Crippen LogP contribution in [0.1, 0.15) is 46.4 Å². The van der Waals surface area contributed by atoms with Gasteiger partial charge in [0, 0.05) is 24.2 Å². The summed E-state index contributed by atoms with van der Waals surface area (Å²) in [5.41, 5.74) is 5.08. The average Bonchev–Trinajstić information content (AvgIpc) is 3.44. The van der Waals surface area contributed by atoms with Crippen molar-refractivity contribution < 1.29 is 9.59 Å². The molecule has 5 nitrogen and oxygen atoms in total. The number of imidazole rings is 1. The van der Waals surface area contributed by atoms with Gasteiger partial charge in [0.25, 0.3) is 0 Å². The van der Waals surface area contributed by atoms with E-state index in [1.807, 2.05) is 61.6 Å². The Morgan fingerprint density at radius 2 is 1.41 bits per heavy atom. The van der Waals surface area contributed by atoms with E-state index >= 15 is 0 Å². The second-order valence-electron chi connectivity index (χ2n) is 9.06. The average molecular weight is 446 g/mol. The molecule has 5 aromatic rings. The molecule has 34 heavy (non-hydrogen) atoms. The molecule has 0 spiro atoms. The van der Waals surface area contributed by atoms with Gasteiger partial charge in [0.15, 0.2) is 17.2 Å². The van der Waals surface area contributed by atoms with Gasteiger partial charge in [0.2, 0.25) is 0 Å². The van der Waals surface area contributed by atoms with Crippen molar-refractivity contribution in [3.8, 4) is 11.3 Å². The molecule has 0 bridgehead atoms. The number of aromatic nitrogens is 3. The quantitative estimate of drug-likeness (QED) is 0.244. The fourth-order valence-corrected chi connectivity index (χ4v) is 4.97. The van der Waals surface area contributed by atoms with Gasteiger partial charge in [0.1, 0.15) is 5.82 Å². The van der Waals surface area contributed by atoms with Gasteiger partial charge < -0.3 is 9.13 Å². The number of aryl methyl sites for hydroxylation is 1. The van der Waals surface area contributed by atoms with Crippen LogP contribution in [0.25, 0.3) is 39.3 Å². The minimum absolute atomic E-state index is 0.0967. The maximum Gasteiger partial charge on any atom is 0.197 e. The molecule has 0 amide bonds. The molecule has 0 unspecified atom stereocenters. The van der Waals surface area contributed by atoms with Crippen LogP contribution in [0.5, 0.6) is 0 Å². The van der Waals surface area contributed by atoms with Crippen molar-refractivity contribution in [2.75, 3.05) is 0 Å². The Labute approximate surface area is 197 Å². The van der Waals surface area contributed by atoms with E-state index < -0.39 is 0 Å². The van der Waals surface area contributed by atoms with Gasteiger partial charge in [-0.3, -0.25) is 9.59 Å². The van der Waals surface area contributed by atoms with E-state index in [9.17, 15) is 9.59 Å². The summed E-state index contributed by atoms with van der Waals surface area (Å²) in [7, 11) is 1.99. The molecule has 1 aliphatic carbocycles. The van der Waals surface area contributed by atoms with E-state index in [2.05, 4.69) is 41.2 Å². The summed E-state index contributed by atoms with van der Waals surface area (Å²) >= 11 is 0. The third-order valence-electron chi connectivity index (χ3n) is 6.63. The van der Waals surface area contributed by atoms with Gasteiger partial charge in [0.05, 0.1) is 16.8 Å². The van der Waals surface area contributed by atoms with Crippen LogP contribution in [-0.2, 0) is 7.05 Å². The van der Waals surface area contributed by atoms with Gasteiger partial charge in [-0.25, -0.2) is 4.98 Å². The van der Waals surface area contributed by atoms with Crippen LogP contribution in [0.4, 0.5) is 0 Å². The zero-order valence-corrected chi connectivity index (χ0v) is 19.2. The normalized spacial score (nSPS) is 13.5. The number of allylic oxidation sites excluding steroid dienone is 1. The van der Waals surface area contributed by atoms with Crippen LogP contribution in [0, 0.1) is 0 Å². The Morgan fingerprint density at radius 1 is 0.824 bits per heavy atom.